The third kappa shape index (κ3) is 5.81. The number of amides is 2. The highest BCUT2D eigenvalue weighted by atomic mass is 19.4. The molecule has 6 nitrogen and oxygen atoms in total. The van der Waals surface area contributed by atoms with E-state index in [0.717, 1.165) is 5.56 Å². The van der Waals surface area contributed by atoms with Crippen LogP contribution in [0.15, 0.2) is 60.5 Å². The van der Waals surface area contributed by atoms with Crippen molar-refractivity contribution in [2.75, 3.05) is 25.0 Å². The van der Waals surface area contributed by atoms with E-state index in [4.69, 9.17) is 0 Å². The monoisotopic (exact) mass is 463 g/mol. The summed E-state index contributed by atoms with van der Waals surface area (Å²) in [6, 6.07) is 10.1. The number of nitrogens with one attached hydrogen (secondary N) is 2. The molecule has 0 bridgehead atoms. The van der Waals surface area contributed by atoms with Crippen LogP contribution in [0.5, 0.6) is 0 Å². The summed E-state index contributed by atoms with van der Waals surface area (Å²) in [5, 5.41) is 9.93. The van der Waals surface area contributed by atoms with Gasteiger partial charge in [-0.1, -0.05) is 42.5 Å². The second kappa shape index (κ2) is 9.38. The Kier molecular flexibility index (Phi) is 6.55. The largest absolute Gasteiger partial charge is 0.401 e. The van der Waals surface area contributed by atoms with Gasteiger partial charge in [-0.3, -0.25) is 14.9 Å². The van der Waals surface area contributed by atoms with Crippen LogP contribution in [0.4, 0.5) is 28.2 Å². The molecule has 10 heteroatoms. The van der Waals surface area contributed by atoms with Crippen LogP contribution < -0.4 is 10.6 Å². The van der Waals surface area contributed by atoms with E-state index >= 15 is 0 Å². The number of allylic oxidation sites excluding steroid dienone is 4. The minimum Gasteiger partial charge on any atom is -0.333 e. The fourth-order valence-corrected chi connectivity index (χ4v) is 4.50. The van der Waals surface area contributed by atoms with Crippen molar-refractivity contribution in [3.8, 4) is 11.3 Å². The lowest BCUT2D eigenvalue weighted by molar-refractivity contribution is -0.144. The van der Waals surface area contributed by atoms with E-state index in [2.05, 4.69) is 15.7 Å². The second-order valence-corrected chi connectivity index (χ2v) is 8.45. The summed E-state index contributed by atoms with van der Waals surface area (Å²) in [5.74, 6) is -0.511. The number of carbonyl (C=O) groups is 1. The highest BCUT2D eigenvalue weighted by Crippen LogP contribution is 2.34. The van der Waals surface area contributed by atoms with E-state index in [1.807, 2.05) is 30.3 Å². The molecule has 1 aliphatic carbocycles. The van der Waals surface area contributed by atoms with Gasteiger partial charge in [-0.2, -0.15) is 18.3 Å². The number of hydrogen-bond donors (Lipinski definition) is 2. The first kappa shape index (κ1) is 23.0. The fraction of sp³-hybridized carbons (Fsp3) is 0.391. The Morgan fingerprint density at radius 1 is 1.21 bits per heavy atom. The zero-order valence-electron chi connectivity index (χ0n) is 18.0. The van der Waals surface area contributed by atoms with Crippen molar-refractivity contribution >= 4 is 11.8 Å². The van der Waals surface area contributed by atoms with Crippen LogP contribution >= 0.6 is 0 Å². The molecule has 2 aromatic rings. The van der Waals surface area contributed by atoms with Crippen LogP contribution in [0.3, 0.4) is 0 Å². The maximum absolute atomic E-state index is 13.8. The number of hydrogen-bond acceptors (Lipinski definition) is 3. The second-order valence-electron chi connectivity index (χ2n) is 8.45. The average molecular weight is 463 g/mol. The van der Waals surface area contributed by atoms with Crippen molar-refractivity contribution in [3.63, 3.8) is 0 Å². The molecule has 1 aliphatic heterocycles. The molecule has 0 saturated carbocycles. The van der Waals surface area contributed by atoms with E-state index in [-0.39, 0.29) is 37.2 Å². The van der Waals surface area contributed by atoms with Crippen LogP contribution in [0.2, 0.25) is 0 Å². The number of halogens is 4. The first-order valence-corrected chi connectivity index (χ1v) is 10.7. The number of likely N-dealkylation sites (tertiary alicyclic amines) is 1. The van der Waals surface area contributed by atoms with Crippen LogP contribution in [0.25, 0.3) is 11.3 Å². The molecule has 3 atom stereocenters. The minimum absolute atomic E-state index is 0.0356. The number of rotatable bonds is 5. The van der Waals surface area contributed by atoms with E-state index in [1.54, 1.807) is 25.3 Å². The van der Waals surface area contributed by atoms with Crippen LogP contribution in [0.1, 0.15) is 6.42 Å². The predicted octanol–water partition coefficient (Wildman–Crippen LogP) is 4.50. The summed E-state index contributed by atoms with van der Waals surface area (Å²) in [7, 11) is 1.69. The van der Waals surface area contributed by atoms with Gasteiger partial charge in [0.25, 0.3) is 0 Å². The Morgan fingerprint density at radius 3 is 2.67 bits per heavy atom. The van der Waals surface area contributed by atoms with Gasteiger partial charge in [0.1, 0.15) is 11.6 Å². The normalized spacial score (nSPS) is 23.4. The van der Waals surface area contributed by atoms with Gasteiger partial charge in [-0.25, -0.2) is 9.18 Å². The Labute approximate surface area is 188 Å². The van der Waals surface area contributed by atoms with Gasteiger partial charge in [0.15, 0.2) is 0 Å². The maximum Gasteiger partial charge on any atom is 0.401 e. The number of anilines is 1. The summed E-state index contributed by atoms with van der Waals surface area (Å²) >= 11 is 0. The summed E-state index contributed by atoms with van der Waals surface area (Å²) in [6.07, 6.45) is 0.486. The van der Waals surface area contributed by atoms with Crippen molar-refractivity contribution in [2.24, 2.45) is 18.9 Å². The standard InChI is InChI=1S/C23H25F4N5O/c1-31-21(11-19(30-31)15-6-3-2-4-7-15)29-22(33)28-20-13-32(14-23(25,26)27)12-18(20)16-8-5-9-17(24)10-16/h2-9,11,16,18,20H,10,12-14H2,1H3,(H2,28,29,33). The molecule has 0 radical (unpaired) electrons. The van der Waals surface area contributed by atoms with Crippen molar-refractivity contribution in [2.45, 2.75) is 18.6 Å². The average Bonchev–Trinajstić information content (AvgIpc) is 3.30. The topological polar surface area (TPSA) is 62.2 Å². The van der Waals surface area contributed by atoms with Crippen LogP contribution in [0, 0.1) is 11.8 Å². The number of urea groups is 1. The van der Waals surface area contributed by atoms with Crippen LogP contribution in [-0.2, 0) is 7.05 Å². The van der Waals surface area contributed by atoms with Gasteiger partial charge in [-0.15, -0.1) is 0 Å². The summed E-state index contributed by atoms with van der Waals surface area (Å²) in [6.45, 7) is -0.912. The SMILES string of the molecule is Cn1nc(-c2ccccc2)cc1NC(=O)NC1CN(CC(F)(F)F)CC1C1C=CC=C(F)C1. The van der Waals surface area contributed by atoms with Crippen molar-refractivity contribution in [1.29, 1.82) is 0 Å². The van der Waals surface area contributed by atoms with Gasteiger partial charge in [0.2, 0.25) is 0 Å². The van der Waals surface area contributed by atoms with Crippen molar-refractivity contribution < 1.29 is 22.4 Å². The summed E-state index contributed by atoms with van der Waals surface area (Å²) in [5.41, 5.74) is 1.57. The Hall–Kier alpha value is -3.14. The van der Waals surface area contributed by atoms with Gasteiger partial charge in [0.05, 0.1) is 12.2 Å². The number of nitrogens with zero attached hydrogens (tertiary/aromatic N) is 3. The number of aryl methyl sites for hydroxylation is 1. The lowest BCUT2D eigenvalue weighted by Gasteiger charge is -2.27. The lowest BCUT2D eigenvalue weighted by atomic mass is 9.83. The molecule has 0 spiro atoms. The van der Waals surface area contributed by atoms with E-state index in [0.29, 0.717) is 11.5 Å². The van der Waals surface area contributed by atoms with E-state index in [9.17, 15) is 22.4 Å². The number of aromatic nitrogens is 2. The Balaban J connectivity index is 1.45. The smallest absolute Gasteiger partial charge is 0.333 e. The third-order valence-corrected chi connectivity index (χ3v) is 5.97. The zero-order valence-corrected chi connectivity index (χ0v) is 18.0. The number of alkyl halides is 3. The highest BCUT2D eigenvalue weighted by Gasteiger charge is 2.42. The van der Waals surface area contributed by atoms with Crippen molar-refractivity contribution in [1.82, 2.24) is 20.0 Å². The summed E-state index contributed by atoms with van der Waals surface area (Å²) in [4.78, 5) is 14.0. The van der Waals surface area contributed by atoms with Crippen molar-refractivity contribution in [3.05, 3.63) is 60.5 Å². The molecule has 1 saturated heterocycles. The molecule has 4 rings (SSSR count). The number of benzene rings is 1. The highest BCUT2D eigenvalue weighted by molar-refractivity contribution is 5.89. The van der Waals surface area contributed by atoms with Gasteiger partial charge in [-0.05, 0) is 17.9 Å². The molecule has 2 N–H and O–H groups in total. The molecule has 3 unspecified atom stereocenters. The van der Waals surface area contributed by atoms with E-state index < -0.39 is 24.8 Å². The molecule has 2 heterocycles. The van der Waals surface area contributed by atoms with Gasteiger partial charge >= 0.3 is 12.2 Å². The molecular formula is C23H25F4N5O. The summed E-state index contributed by atoms with van der Waals surface area (Å²) < 4.78 is 54.3. The molecular weight excluding hydrogens is 438 g/mol. The Morgan fingerprint density at radius 2 is 1.97 bits per heavy atom. The first-order chi connectivity index (χ1) is 15.7. The van der Waals surface area contributed by atoms with Gasteiger partial charge < -0.3 is 5.32 Å². The molecule has 1 fully saturated rings. The zero-order chi connectivity index (χ0) is 23.6. The lowest BCUT2D eigenvalue weighted by Crippen LogP contribution is -2.45. The molecule has 176 valence electrons. The molecule has 1 aromatic carbocycles. The Bertz CT molecular complexity index is 1050. The van der Waals surface area contributed by atoms with Crippen LogP contribution in [-0.4, -0.2) is 52.6 Å². The molecule has 2 aliphatic rings. The molecule has 2 amide bonds. The minimum atomic E-state index is -4.35. The fourth-order valence-electron chi connectivity index (χ4n) is 4.50. The van der Waals surface area contributed by atoms with Gasteiger partial charge in [0, 0.05) is 44.2 Å². The predicted molar refractivity (Wildman–Crippen MR) is 117 cm³/mol. The molecule has 33 heavy (non-hydrogen) atoms. The van der Waals surface area contributed by atoms with E-state index in [1.165, 1.54) is 15.7 Å². The first-order valence-electron chi connectivity index (χ1n) is 10.7. The third-order valence-electron chi connectivity index (χ3n) is 5.97. The molecule has 1 aromatic heterocycles. The number of carbonyl (C=O) groups excluding carboxylic acids is 1. The quantitative estimate of drug-likeness (QED) is 0.642. The maximum atomic E-state index is 13.8.